The maximum absolute atomic E-state index is 12.0. The Labute approximate surface area is 105 Å². The largest absolute Gasteiger partial charge is 0.496 e. The summed E-state index contributed by atoms with van der Waals surface area (Å²) in [7, 11) is 1.46. The summed E-state index contributed by atoms with van der Waals surface area (Å²) in [6, 6.07) is 4.58. The molecule has 18 heavy (non-hydrogen) atoms. The average Bonchev–Trinajstić information content (AvgIpc) is 2.26. The van der Waals surface area contributed by atoms with Crippen LogP contribution in [0.15, 0.2) is 18.2 Å². The second-order valence-corrected chi connectivity index (χ2v) is 3.97. The van der Waals surface area contributed by atoms with E-state index < -0.39 is 11.8 Å². The Morgan fingerprint density at radius 2 is 2.11 bits per heavy atom. The van der Waals surface area contributed by atoms with Crippen molar-refractivity contribution in [3.05, 3.63) is 23.8 Å². The van der Waals surface area contributed by atoms with E-state index in [1.807, 2.05) is 0 Å². The number of amides is 2. The van der Waals surface area contributed by atoms with Gasteiger partial charge in [-0.1, -0.05) is 6.07 Å². The molecule has 0 spiro atoms. The summed E-state index contributed by atoms with van der Waals surface area (Å²) in [6.07, 6.45) is 0.0702. The third kappa shape index (κ3) is 3.38. The minimum absolute atomic E-state index is 0.0702. The van der Waals surface area contributed by atoms with E-state index in [9.17, 15) is 9.59 Å². The zero-order valence-corrected chi connectivity index (χ0v) is 10.4. The number of methoxy groups -OCH3 is 1. The third-order valence-corrected chi connectivity index (χ3v) is 2.39. The Bertz CT molecular complexity index is 460. The molecule has 1 unspecified atom stereocenters. The smallest absolute Gasteiger partial charge is 0.257 e. The Kier molecular flexibility index (Phi) is 4.53. The first-order valence-corrected chi connectivity index (χ1v) is 5.47. The lowest BCUT2D eigenvalue weighted by molar-refractivity contribution is -0.118. The molecule has 1 aromatic carbocycles. The summed E-state index contributed by atoms with van der Waals surface area (Å²) in [4.78, 5) is 22.8. The SMILES string of the molecule is COc1cccc(N)c1C(=O)NC(C)CC(N)=O. The molecule has 0 saturated carbocycles. The number of hydrogen-bond donors (Lipinski definition) is 3. The molecule has 0 fully saturated rings. The third-order valence-electron chi connectivity index (χ3n) is 2.39. The molecule has 0 aliphatic rings. The van der Waals surface area contributed by atoms with Crippen molar-refractivity contribution in [1.29, 1.82) is 0 Å². The molecule has 2 amide bonds. The number of hydrogen-bond acceptors (Lipinski definition) is 4. The van der Waals surface area contributed by atoms with E-state index in [1.165, 1.54) is 7.11 Å². The van der Waals surface area contributed by atoms with Gasteiger partial charge >= 0.3 is 0 Å². The second kappa shape index (κ2) is 5.90. The van der Waals surface area contributed by atoms with Gasteiger partial charge in [-0.15, -0.1) is 0 Å². The Morgan fingerprint density at radius 1 is 1.44 bits per heavy atom. The number of primary amides is 1. The molecule has 6 heteroatoms. The first-order chi connectivity index (χ1) is 8.45. The summed E-state index contributed by atoms with van der Waals surface area (Å²) >= 11 is 0. The molecule has 6 nitrogen and oxygen atoms in total. The van der Waals surface area contributed by atoms with Gasteiger partial charge in [0.25, 0.3) is 5.91 Å². The van der Waals surface area contributed by atoms with Crippen LogP contribution in [0.25, 0.3) is 0 Å². The summed E-state index contributed by atoms with van der Waals surface area (Å²) in [5, 5.41) is 2.64. The Morgan fingerprint density at radius 3 is 2.67 bits per heavy atom. The highest BCUT2D eigenvalue weighted by atomic mass is 16.5. The molecular formula is C12H17N3O3. The van der Waals surface area contributed by atoms with Gasteiger partial charge in [0.2, 0.25) is 5.91 Å². The molecule has 5 N–H and O–H groups in total. The minimum atomic E-state index is -0.476. The number of rotatable bonds is 5. The molecule has 0 saturated heterocycles. The zero-order chi connectivity index (χ0) is 13.7. The molecule has 0 aliphatic carbocycles. The van der Waals surface area contributed by atoms with Crippen molar-refractivity contribution >= 4 is 17.5 Å². The molecule has 1 rings (SSSR count). The predicted molar refractivity (Wildman–Crippen MR) is 68.1 cm³/mol. The van der Waals surface area contributed by atoms with Crippen LogP contribution in [0.5, 0.6) is 5.75 Å². The topological polar surface area (TPSA) is 107 Å². The lowest BCUT2D eigenvalue weighted by Gasteiger charge is -2.15. The van der Waals surface area contributed by atoms with E-state index in [4.69, 9.17) is 16.2 Å². The van der Waals surface area contributed by atoms with E-state index in [0.29, 0.717) is 11.4 Å². The molecular weight excluding hydrogens is 234 g/mol. The van der Waals surface area contributed by atoms with Crippen LogP contribution < -0.4 is 21.5 Å². The fraction of sp³-hybridized carbons (Fsp3) is 0.333. The Hall–Kier alpha value is -2.24. The summed E-state index contributed by atoms with van der Waals surface area (Å²) in [6.45, 7) is 1.69. The molecule has 98 valence electrons. The molecule has 0 radical (unpaired) electrons. The van der Waals surface area contributed by atoms with Crippen molar-refractivity contribution in [2.24, 2.45) is 5.73 Å². The lowest BCUT2D eigenvalue weighted by atomic mass is 10.1. The van der Waals surface area contributed by atoms with Gasteiger partial charge in [-0.3, -0.25) is 9.59 Å². The molecule has 0 bridgehead atoms. The van der Waals surface area contributed by atoms with Gasteiger partial charge in [-0.05, 0) is 19.1 Å². The van der Waals surface area contributed by atoms with Gasteiger partial charge in [0.15, 0.2) is 0 Å². The van der Waals surface area contributed by atoms with Crippen molar-refractivity contribution in [1.82, 2.24) is 5.32 Å². The van der Waals surface area contributed by atoms with Crippen LogP contribution in [0.3, 0.4) is 0 Å². The first-order valence-electron chi connectivity index (χ1n) is 5.47. The van der Waals surface area contributed by atoms with Crippen molar-refractivity contribution in [3.8, 4) is 5.75 Å². The van der Waals surface area contributed by atoms with Crippen LogP contribution in [0.1, 0.15) is 23.7 Å². The van der Waals surface area contributed by atoms with Gasteiger partial charge in [-0.2, -0.15) is 0 Å². The minimum Gasteiger partial charge on any atom is -0.496 e. The van der Waals surface area contributed by atoms with E-state index in [0.717, 1.165) is 0 Å². The zero-order valence-electron chi connectivity index (χ0n) is 10.4. The quantitative estimate of drug-likeness (QED) is 0.653. The maximum atomic E-state index is 12.0. The van der Waals surface area contributed by atoms with Crippen molar-refractivity contribution in [3.63, 3.8) is 0 Å². The van der Waals surface area contributed by atoms with Crippen molar-refractivity contribution in [2.45, 2.75) is 19.4 Å². The van der Waals surface area contributed by atoms with E-state index in [2.05, 4.69) is 5.32 Å². The van der Waals surface area contributed by atoms with Crippen LogP contribution in [0.2, 0.25) is 0 Å². The second-order valence-electron chi connectivity index (χ2n) is 3.97. The molecule has 0 heterocycles. The highest BCUT2D eigenvalue weighted by Gasteiger charge is 2.18. The molecule has 0 aliphatic heterocycles. The van der Waals surface area contributed by atoms with E-state index in [1.54, 1.807) is 25.1 Å². The first kappa shape index (κ1) is 13.8. The highest BCUT2D eigenvalue weighted by Crippen LogP contribution is 2.23. The average molecular weight is 251 g/mol. The van der Waals surface area contributed by atoms with Crippen LogP contribution in [-0.4, -0.2) is 25.0 Å². The molecule has 0 aromatic heterocycles. The Balaban J connectivity index is 2.87. The molecule has 1 atom stereocenters. The van der Waals surface area contributed by atoms with Crippen molar-refractivity contribution in [2.75, 3.05) is 12.8 Å². The number of anilines is 1. The number of nitrogen functional groups attached to an aromatic ring is 1. The number of benzene rings is 1. The van der Waals surface area contributed by atoms with Crippen molar-refractivity contribution < 1.29 is 14.3 Å². The lowest BCUT2D eigenvalue weighted by Crippen LogP contribution is -2.36. The van der Waals surface area contributed by atoms with Gasteiger partial charge in [0, 0.05) is 18.2 Å². The van der Waals surface area contributed by atoms with Gasteiger partial charge in [-0.25, -0.2) is 0 Å². The number of nitrogens with one attached hydrogen (secondary N) is 1. The summed E-state index contributed by atoms with van der Waals surface area (Å²) < 4.78 is 5.08. The van der Waals surface area contributed by atoms with Crippen LogP contribution in [-0.2, 0) is 4.79 Å². The monoisotopic (exact) mass is 251 g/mol. The van der Waals surface area contributed by atoms with E-state index in [-0.39, 0.29) is 18.0 Å². The number of nitrogens with two attached hydrogens (primary N) is 2. The molecule has 1 aromatic rings. The number of carbonyl (C=O) groups excluding carboxylic acids is 2. The van der Waals surface area contributed by atoms with Crippen LogP contribution in [0, 0.1) is 0 Å². The van der Waals surface area contributed by atoms with E-state index >= 15 is 0 Å². The fourth-order valence-corrected chi connectivity index (χ4v) is 1.61. The standard InChI is InChI=1S/C12H17N3O3/c1-7(6-10(14)16)15-12(17)11-8(13)4-3-5-9(11)18-2/h3-5,7H,6,13H2,1-2H3,(H2,14,16)(H,15,17). The summed E-state index contributed by atoms with van der Waals surface area (Å²) in [5.74, 6) is -0.478. The number of carbonyl (C=O) groups is 2. The predicted octanol–water partition coefficient (Wildman–Crippen LogP) is 0.271. The number of ether oxygens (including phenoxy) is 1. The van der Waals surface area contributed by atoms with Gasteiger partial charge < -0.3 is 21.5 Å². The van der Waals surface area contributed by atoms with Gasteiger partial charge in [0.1, 0.15) is 11.3 Å². The fourth-order valence-electron chi connectivity index (χ4n) is 1.61. The highest BCUT2D eigenvalue weighted by molar-refractivity contribution is 6.02. The maximum Gasteiger partial charge on any atom is 0.257 e. The van der Waals surface area contributed by atoms with Crippen LogP contribution >= 0.6 is 0 Å². The van der Waals surface area contributed by atoms with Gasteiger partial charge in [0.05, 0.1) is 7.11 Å². The normalized spacial score (nSPS) is 11.7. The van der Waals surface area contributed by atoms with Crippen LogP contribution in [0.4, 0.5) is 5.69 Å². The summed E-state index contributed by atoms with van der Waals surface area (Å²) in [5.41, 5.74) is 11.4.